The van der Waals surface area contributed by atoms with Crippen LogP contribution in [0.2, 0.25) is 0 Å². The second-order valence-electron chi connectivity index (χ2n) is 3.16. The summed E-state index contributed by atoms with van der Waals surface area (Å²) in [7, 11) is 0. The van der Waals surface area contributed by atoms with Crippen LogP contribution in [-0.2, 0) is 0 Å². The lowest BCUT2D eigenvalue weighted by Crippen LogP contribution is -2.13. The summed E-state index contributed by atoms with van der Waals surface area (Å²) < 4.78 is 1.36. The molecule has 86 valence electrons. The number of nitrogens with one attached hydrogen (secondary N) is 1. The number of carbonyl (C=O) groups excluding carboxylic acids is 1. The summed E-state index contributed by atoms with van der Waals surface area (Å²) in [5.74, 6) is 0.183. The van der Waals surface area contributed by atoms with Gasteiger partial charge in [0.2, 0.25) is 0 Å². The van der Waals surface area contributed by atoms with Crippen LogP contribution in [-0.4, -0.2) is 15.9 Å². The van der Waals surface area contributed by atoms with E-state index in [1.54, 1.807) is 12.1 Å². The summed E-state index contributed by atoms with van der Waals surface area (Å²) in [6.45, 7) is 0. The predicted octanol–water partition coefficient (Wildman–Crippen LogP) is 3.25. The molecule has 4 nitrogen and oxygen atoms in total. The third kappa shape index (κ3) is 3.10. The summed E-state index contributed by atoms with van der Waals surface area (Å²) in [4.78, 5) is 19.9. The molecule has 1 aromatic heterocycles. The van der Waals surface area contributed by atoms with Crippen molar-refractivity contribution >= 4 is 43.6 Å². The highest BCUT2D eigenvalue weighted by molar-refractivity contribution is 9.10. The van der Waals surface area contributed by atoms with Gasteiger partial charge in [-0.15, -0.1) is 0 Å². The van der Waals surface area contributed by atoms with Crippen LogP contribution in [0.5, 0.6) is 0 Å². The SMILES string of the molecule is O=C(Nc1cnc(Br)cn1)c1ccccc1Br. The zero-order valence-corrected chi connectivity index (χ0v) is 11.7. The third-order valence-electron chi connectivity index (χ3n) is 1.98. The van der Waals surface area contributed by atoms with Crippen molar-refractivity contribution in [3.05, 3.63) is 51.3 Å². The lowest BCUT2D eigenvalue weighted by Gasteiger charge is -2.05. The van der Waals surface area contributed by atoms with Crippen molar-refractivity contribution in [2.45, 2.75) is 0 Å². The Morgan fingerprint density at radius 1 is 1.12 bits per heavy atom. The van der Waals surface area contributed by atoms with Crippen molar-refractivity contribution < 1.29 is 4.79 Å². The molecule has 0 saturated carbocycles. The number of hydrogen-bond acceptors (Lipinski definition) is 3. The largest absolute Gasteiger partial charge is 0.305 e. The highest BCUT2D eigenvalue weighted by Gasteiger charge is 2.09. The van der Waals surface area contributed by atoms with Gasteiger partial charge in [0, 0.05) is 4.47 Å². The molecule has 1 heterocycles. The summed E-state index contributed by atoms with van der Waals surface area (Å²) in [5, 5.41) is 2.66. The number of anilines is 1. The average Bonchev–Trinajstić information content (AvgIpc) is 2.32. The Kier molecular flexibility index (Phi) is 3.86. The van der Waals surface area contributed by atoms with Gasteiger partial charge < -0.3 is 5.32 Å². The Morgan fingerprint density at radius 3 is 2.53 bits per heavy atom. The molecule has 2 aromatic rings. The molecule has 0 saturated heterocycles. The summed E-state index contributed by atoms with van der Waals surface area (Å²) in [6, 6.07) is 7.18. The lowest BCUT2D eigenvalue weighted by atomic mass is 10.2. The molecule has 0 aliphatic heterocycles. The van der Waals surface area contributed by atoms with Gasteiger partial charge in [0.1, 0.15) is 4.60 Å². The number of amides is 1. The molecule has 2 rings (SSSR count). The monoisotopic (exact) mass is 355 g/mol. The number of rotatable bonds is 2. The van der Waals surface area contributed by atoms with Gasteiger partial charge in [-0.3, -0.25) is 4.79 Å². The average molecular weight is 357 g/mol. The number of hydrogen-bond donors (Lipinski definition) is 1. The van der Waals surface area contributed by atoms with E-state index < -0.39 is 0 Å². The van der Waals surface area contributed by atoms with Crippen molar-refractivity contribution in [3.8, 4) is 0 Å². The van der Waals surface area contributed by atoms with Crippen LogP contribution in [0, 0.1) is 0 Å². The lowest BCUT2D eigenvalue weighted by molar-refractivity contribution is 0.102. The van der Waals surface area contributed by atoms with E-state index in [-0.39, 0.29) is 5.91 Å². The summed E-state index contributed by atoms with van der Waals surface area (Å²) in [5.41, 5.74) is 0.553. The van der Waals surface area contributed by atoms with E-state index >= 15 is 0 Å². The fourth-order valence-corrected chi connectivity index (χ4v) is 1.88. The van der Waals surface area contributed by atoms with Crippen molar-refractivity contribution in [2.24, 2.45) is 0 Å². The summed E-state index contributed by atoms with van der Waals surface area (Å²) in [6.07, 6.45) is 3.01. The number of carbonyl (C=O) groups is 1. The zero-order valence-electron chi connectivity index (χ0n) is 8.52. The normalized spacial score (nSPS) is 10.0. The fourth-order valence-electron chi connectivity index (χ4n) is 1.21. The van der Waals surface area contributed by atoms with Crippen molar-refractivity contribution in [2.75, 3.05) is 5.32 Å². The molecule has 0 radical (unpaired) electrons. The first-order valence-corrected chi connectivity index (χ1v) is 6.29. The summed E-state index contributed by atoms with van der Waals surface area (Å²) >= 11 is 6.49. The molecule has 0 spiro atoms. The Morgan fingerprint density at radius 2 is 1.88 bits per heavy atom. The van der Waals surface area contributed by atoms with E-state index in [1.165, 1.54) is 12.4 Å². The minimum absolute atomic E-state index is 0.228. The highest BCUT2D eigenvalue weighted by atomic mass is 79.9. The van der Waals surface area contributed by atoms with E-state index in [4.69, 9.17) is 0 Å². The molecule has 0 unspecified atom stereocenters. The topological polar surface area (TPSA) is 54.9 Å². The van der Waals surface area contributed by atoms with Gasteiger partial charge in [-0.1, -0.05) is 12.1 Å². The fraction of sp³-hybridized carbons (Fsp3) is 0. The van der Waals surface area contributed by atoms with E-state index in [2.05, 4.69) is 47.1 Å². The minimum Gasteiger partial charge on any atom is -0.305 e. The Balaban J connectivity index is 2.17. The molecule has 17 heavy (non-hydrogen) atoms. The number of nitrogens with zero attached hydrogens (tertiary/aromatic N) is 2. The van der Waals surface area contributed by atoms with Crippen LogP contribution in [0.25, 0.3) is 0 Å². The van der Waals surface area contributed by atoms with Gasteiger partial charge in [-0.25, -0.2) is 9.97 Å². The van der Waals surface area contributed by atoms with Crippen molar-refractivity contribution in [1.82, 2.24) is 9.97 Å². The van der Waals surface area contributed by atoms with Crippen LogP contribution in [0.15, 0.2) is 45.7 Å². The quantitative estimate of drug-likeness (QED) is 0.898. The minimum atomic E-state index is -0.228. The second-order valence-corrected chi connectivity index (χ2v) is 4.83. The van der Waals surface area contributed by atoms with Crippen molar-refractivity contribution in [1.29, 1.82) is 0 Å². The van der Waals surface area contributed by atoms with Gasteiger partial charge in [0.05, 0.1) is 18.0 Å². The number of benzene rings is 1. The third-order valence-corrected chi connectivity index (χ3v) is 3.08. The van der Waals surface area contributed by atoms with E-state index in [0.29, 0.717) is 16.0 Å². The molecule has 0 aliphatic rings. The van der Waals surface area contributed by atoms with Crippen molar-refractivity contribution in [3.63, 3.8) is 0 Å². The van der Waals surface area contributed by atoms with Gasteiger partial charge in [0.25, 0.3) is 5.91 Å². The molecule has 0 aliphatic carbocycles. The standard InChI is InChI=1S/C11H7Br2N3O/c12-8-4-2-1-3-7(8)11(17)16-10-6-14-9(13)5-15-10/h1-6H,(H,15,16,17). The maximum absolute atomic E-state index is 11.9. The van der Waals surface area contributed by atoms with E-state index in [0.717, 1.165) is 4.47 Å². The Labute approximate surface area is 115 Å². The van der Waals surface area contributed by atoms with Crippen LogP contribution < -0.4 is 5.32 Å². The van der Waals surface area contributed by atoms with Gasteiger partial charge in [-0.2, -0.15) is 0 Å². The maximum atomic E-state index is 11.9. The van der Waals surface area contributed by atoms with Crippen LogP contribution in [0.4, 0.5) is 5.82 Å². The predicted molar refractivity (Wildman–Crippen MR) is 71.8 cm³/mol. The highest BCUT2D eigenvalue weighted by Crippen LogP contribution is 2.17. The van der Waals surface area contributed by atoms with Crippen LogP contribution >= 0.6 is 31.9 Å². The van der Waals surface area contributed by atoms with Gasteiger partial charge >= 0.3 is 0 Å². The first-order chi connectivity index (χ1) is 8.16. The molecule has 1 aromatic carbocycles. The van der Waals surface area contributed by atoms with Crippen LogP contribution in [0.3, 0.4) is 0 Å². The van der Waals surface area contributed by atoms with E-state index in [9.17, 15) is 4.79 Å². The molecule has 0 bridgehead atoms. The van der Waals surface area contributed by atoms with Gasteiger partial charge in [-0.05, 0) is 44.0 Å². The molecular formula is C11H7Br2N3O. The molecule has 0 fully saturated rings. The second kappa shape index (κ2) is 5.37. The number of halogens is 2. The first-order valence-electron chi connectivity index (χ1n) is 4.70. The molecular weight excluding hydrogens is 350 g/mol. The molecule has 1 N–H and O–H groups in total. The maximum Gasteiger partial charge on any atom is 0.258 e. The smallest absolute Gasteiger partial charge is 0.258 e. The van der Waals surface area contributed by atoms with E-state index in [1.807, 2.05) is 12.1 Å². The molecule has 0 atom stereocenters. The first kappa shape index (κ1) is 12.2. The van der Waals surface area contributed by atoms with Gasteiger partial charge in [0.15, 0.2) is 5.82 Å². The number of aromatic nitrogens is 2. The molecule has 1 amide bonds. The zero-order chi connectivity index (χ0) is 12.3. The molecule has 6 heteroatoms. The Bertz CT molecular complexity index is 543. The van der Waals surface area contributed by atoms with Crippen LogP contribution in [0.1, 0.15) is 10.4 Å². The Hall–Kier alpha value is -1.27.